The van der Waals surface area contributed by atoms with Crippen LogP contribution >= 0.6 is 15.9 Å². The molecule has 0 fully saturated rings. The highest BCUT2D eigenvalue weighted by Crippen LogP contribution is 2.22. The van der Waals surface area contributed by atoms with E-state index in [-0.39, 0.29) is 5.91 Å². The second-order valence-electron chi connectivity index (χ2n) is 5.71. The van der Waals surface area contributed by atoms with Crippen LogP contribution in [0.25, 0.3) is 0 Å². The van der Waals surface area contributed by atoms with Crippen molar-refractivity contribution in [3.63, 3.8) is 0 Å². The Morgan fingerprint density at radius 1 is 1.09 bits per heavy atom. The van der Waals surface area contributed by atoms with Crippen LogP contribution in [0.5, 0.6) is 5.75 Å². The highest BCUT2D eigenvalue weighted by molar-refractivity contribution is 9.10. The quantitative estimate of drug-likeness (QED) is 0.782. The van der Waals surface area contributed by atoms with Crippen LogP contribution in [-0.4, -0.2) is 12.0 Å². The van der Waals surface area contributed by atoms with Crippen molar-refractivity contribution in [3.05, 3.63) is 57.6 Å². The smallest absolute Gasteiger partial charge is 0.265 e. The minimum absolute atomic E-state index is 0.132. The summed E-state index contributed by atoms with van der Waals surface area (Å²) in [5.41, 5.74) is 4.21. The molecule has 0 bridgehead atoms. The summed E-state index contributed by atoms with van der Waals surface area (Å²) in [6.07, 6.45) is 0.0925. The topological polar surface area (TPSA) is 38.3 Å². The Morgan fingerprint density at radius 2 is 1.83 bits per heavy atom. The fourth-order valence-electron chi connectivity index (χ4n) is 2.22. The first kappa shape index (κ1) is 17.5. The number of aryl methyl sites for hydroxylation is 3. The number of rotatable bonds is 5. The lowest BCUT2D eigenvalue weighted by Crippen LogP contribution is -2.32. The summed E-state index contributed by atoms with van der Waals surface area (Å²) >= 11 is 3.46. The third-order valence-corrected chi connectivity index (χ3v) is 4.74. The average molecular weight is 376 g/mol. The van der Waals surface area contributed by atoms with Crippen molar-refractivity contribution in [2.24, 2.45) is 0 Å². The van der Waals surface area contributed by atoms with Gasteiger partial charge in [0, 0.05) is 10.2 Å². The van der Waals surface area contributed by atoms with Crippen LogP contribution in [0.4, 0.5) is 5.69 Å². The molecule has 122 valence electrons. The maximum atomic E-state index is 12.4. The molecule has 0 saturated heterocycles. The van der Waals surface area contributed by atoms with Crippen molar-refractivity contribution in [2.75, 3.05) is 5.32 Å². The Hall–Kier alpha value is -1.81. The standard InChI is InChI=1S/C19H22BrNO2/c1-5-18(23-16-8-6-12(2)13(3)11-16)19(22)21-15-7-9-17(20)14(4)10-15/h6-11,18H,5H2,1-4H3,(H,21,22). The Kier molecular flexibility index (Phi) is 5.83. The SMILES string of the molecule is CCC(Oc1ccc(C)c(C)c1)C(=O)Nc1ccc(Br)c(C)c1. The molecule has 0 aliphatic carbocycles. The highest BCUT2D eigenvalue weighted by atomic mass is 79.9. The molecule has 1 atom stereocenters. The minimum atomic E-state index is -0.513. The maximum absolute atomic E-state index is 12.4. The Labute approximate surface area is 146 Å². The van der Waals surface area contributed by atoms with Crippen LogP contribution in [0, 0.1) is 20.8 Å². The second kappa shape index (κ2) is 7.64. The summed E-state index contributed by atoms with van der Waals surface area (Å²) in [6.45, 7) is 8.02. The summed E-state index contributed by atoms with van der Waals surface area (Å²) in [7, 11) is 0. The summed E-state index contributed by atoms with van der Waals surface area (Å²) in [5, 5.41) is 2.92. The van der Waals surface area contributed by atoms with Crippen molar-refractivity contribution in [3.8, 4) is 5.75 Å². The molecule has 0 heterocycles. The zero-order valence-corrected chi connectivity index (χ0v) is 15.5. The number of anilines is 1. The zero-order chi connectivity index (χ0) is 17.0. The lowest BCUT2D eigenvalue weighted by atomic mass is 10.1. The summed E-state index contributed by atoms with van der Waals surface area (Å²) in [5.74, 6) is 0.592. The predicted molar refractivity (Wildman–Crippen MR) is 98.1 cm³/mol. The lowest BCUT2D eigenvalue weighted by molar-refractivity contribution is -0.122. The van der Waals surface area contributed by atoms with E-state index in [9.17, 15) is 4.79 Å². The van der Waals surface area contributed by atoms with Crippen LogP contribution in [0.2, 0.25) is 0 Å². The van der Waals surface area contributed by atoms with Crippen molar-refractivity contribution in [2.45, 2.75) is 40.2 Å². The van der Waals surface area contributed by atoms with Crippen molar-refractivity contribution >= 4 is 27.5 Å². The van der Waals surface area contributed by atoms with Gasteiger partial charge in [-0.2, -0.15) is 0 Å². The number of carbonyl (C=O) groups excluding carboxylic acids is 1. The number of ether oxygens (including phenoxy) is 1. The molecule has 3 nitrogen and oxygen atoms in total. The van der Waals surface area contributed by atoms with Gasteiger partial charge in [-0.25, -0.2) is 0 Å². The van der Waals surface area contributed by atoms with E-state index in [1.807, 2.05) is 57.2 Å². The number of amides is 1. The third-order valence-electron chi connectivity index (χ3n) is 3.85. The fraction of sp³-hybridized carbons (Fsp3) is 0.316. The van der Waals surface area contributed by atoms with Crippen molar-refractivity contribution < 1.29 is 9.53 Å². The number of nitrogens with one attached hydrogen (secondary N) is 1. The first-order valence-corrected chi connectivity index (χ1v) is 8.51. The van der Waals surface area contributed by atoms with Crippen LogP contribution < -0.4 is 10.1 Å². The average Bonchev–Trinajstić information content (AvgIpc) is 2.52. The van der Waals surface area contributed by atoms with Gasteiger partial charge in [0.25, 0.3) is 5.91 Å². The largest absolute Gasteiger partial charge is 0.481 e. The summed E-state index contributed by atoms with van der Waals surface area (Å²) in [4.78, 5) is 12.4. The van der Waals surface area contributed by atoms with E-state index in [1.165, 1.54) is 5.56 Å². The number of hydrogen-bond acceptors (Lipinski definition) is 2. The van der Waals surface area contributed by atoms with E-state index in [1.54, 1.807) is 0 Å². The number of benzene rings is 2. The molecule has 2 aromatic carbocycles. The Bertz CT molecular complexity index is 713. The van der Waals surface area contributed by atoms with Gasteiger partial charge in [-0.1, -0.05) is 28.9 Å². The molecule has 0 aliphatic heterocycles. The number of carbonyl (C=O) groups is 1. The molecule has 4 heteroatoms. The van der Waals surface area contributed by atoms with E-state index in [2.05, 4.69) is 28.2 Å². The van der Waals surface area contributed by atoms with Crippen LogP contribution in [0.1, 0.15) is 30.0 Å². The molecular weight excluding hydrogens is 354 g/mol. The normalized spacial score (nSPS) is 11.9. The fourth-order valence-corrected chi connectivity index (χ4v) is 2.47. The molecule has 1 unspecified atom stereocenters. The van der Waals surface area contributed by atoms with Gasteiger partial charge in [-0.3, -0.25) is 4.79 Å². The van der Waals surface area contributed by atoms with Crippen LogP contribution in [0.3, 0.4) is 0 Å². The first-order chi connectivity index (χ1) is 10.9. The molecule has 0 radical (unpaired) electrons. The molecule has 0 spiro atoms. The van der Waals surface area contributed by atoms with Gasteiger partial charge in [0.2, 0.25) is 0 Å². The molecule has 1 amide bonds. The van der Waals surface area contributed by atoms with Crippen LogP contribution in [0.15, 0.2) is 40.9 Å². The van der Waals surface area contributed by atoms with Gasteiger partial charge in [-0.05, 0) is 74.2 Å². The highest BCUT2D eigenvalue weighted by Gasteiger charge is 2.19. The van der Waals surface area contributed by atoms with Gasteiger partial charge in [-0.15, -0.1) is 0 Å². The van der Waals surface area contributed by atoms with E-state index in [0.29, 0.717) is 6.42 Å². The molecule has 2 rings (SSSR count). The van der Waals surface area contributed by atoms with Crippen molar-refractivity contribution in [1.29, 1.82) is 0 Å². The third kappa shape index (κ3) is 4.58. The van der Waals surface area contributed by atoms with Crippen molar-refractivity contribution in [1.82, 2.24) is 0 Å². The maximum Gasteiger partial charge on any atom is 0.265 e. The number of halogens is 1. The minimum Gasteiger partial charge on any atom is -0.481 e. The zero-order valence-electron chi connectivity index (χ0n) is 13.9. The van der Waals surface area contributed by atoms with Gasteiger partial charge >= 0.3 is 0 Å². The number of hydrogen-bond donors (Lipinski definition) is 1. The summed E-state index contributed by atoms with van der Waals surface area (Å²) < 4.78 is 6.89. The molecule has 1 N–H and O–H groups in total. The van der Waals surface area contributed by atoms with E-state index < -0.39 is 6.10 Å². The van der Waals surface area contributed by atoms with Gasteiger partial charge in [0.05, 0.1) is 0 Å². The summed E-state index contributed by atoms with van der Waals surface area (Å²) in [6, 6.07) is 11.6. The van der Waals surface area contributed by atoms with Gasteiger partial charge in [0.1, 0.15) is 5.75 Å². The van der Waals surface area contributed by atoms with E-state index in [4.69, 9.17) is 4.74 Å². The Balaban J connectivity index is 2.08. The molecule has 0 aliphatic rings. The monoisotopic (exact) mass is 375 g/mol. The predicted octanol–water partition coefficient (Wildman–Crippen LogP) is 5.17. The van der Waals surface area contributed by atoms with Gasteiger partial charge < -0.3 is 10.1 Å². The second-order valence-corrected chi connectivity index (χ2v) is 6.57. The first-order valence-electron chi connectivity index (χ1n) is 7.71. The molecule has 2 aromatic rings. The molecular formula is C19H22BrNO2. The Morgan fingerprint density at radius 3 is 2.43 bits per heavy atom. The van der Waals surface area contributed by atoms with Crippen LogP contribution in [-0.2, 0) is 4.79 Å². The van der Waals surface area contributed by atoms with E-state index >= 15 is 0 Å². The van der Waals surface area contributed by atoms with E-state index in [0.717, 1.165) is 27.0 Å². The molecule has 0 saturated carbocycles. The molecule has 0 aromatic heterocycles. The lowest BCUT2D eigenvalue weighted by Gasteiger charge is -2.18. The van der Waals surface area contributed by atoms with Gasteiger partial charge in [0.15, 0.2) is 6.10 Å². The molecule has 23 heavy (non-hydrogen) atoms.